The predicted octanol–water partition coefficient (Wildman–Crippen LogP) is 2.91. The van der Waals surface area contributed by atoms with E-state index >= 15 is 0 Å². The van der Waals surface area contributed by atoms with Crippen LogP contribution in [0, 0.1) is 0 Å². The maximum absolute atomic E-state index is 11.4. The van der Waals surface area contributed by atoms with Gasteiger partial charge in [0.15, 0.2) is 0 Å². The molecule has 78 valence electrons. The molecule has 1 aromatic heterocycles. The van der Waals surface area contributed by atoms with Gasteiger partial charge in [-0.15, -0.1) is 0 Å². The second-order valence-electron chi connectivity index (χ2n) is 3.58. The van der Waals surface area contributed by atoms with E-state index in [1.165, 1.54) is 0 Å². The van der Waals surface area contributed by atoms with E-state index in [9.17, 15) is 4.79 Å². The second kappa shape index (κ2) is 4.17. The predicted molar refractivity (Wildman–Crippen MR) is 61.8 cm³/mol. The first-order valence-electron chi connectivity index (χ1n) is 5.16. The molecular weight excluding hydrogens is 188 g/mol. The van der Waals surface area contributed by atoms with Crippen molar-refractivity contribution in [1.82, 2.24) is 4.98 Å². The van der Waals surface area contributed by atoms with Crippen LogP contribution in [0.3, 0.4) is 0 Å². The molecule has 0 aliphatic rings. The molecule has 0 bridgehead atoms. The average molecular weight is 202 g/mol. The Kier molecular flexibility index (Phi) is 2.72. The van der Waals surface area contributed by atoms with Crippen LogP contribution in [0.5, 0.6) is 0 Å². The third kappa shape index (κ3) is 2.18. The van der Waals surface area contributed by atoms with Gasteiger partial charge in [0.2, 0.25) is 5.91 Å². The van der Waals surface area contributed by atoms with E-state index in [1.807, 2.05) is 37.4 Å². The molecule has 3 nitrogen and oxygen atoms in total. The Balaban J connectivity index is 2.17. The molecule has 0 aliphatic carbocycles. The van der Waals surface area contributed by atoms with Crippen LogP contribution in [0.15, 0.2) is 30.5 Å². The molecule has 1 aromatic carbocycles. The minimum Gasteiger partial charge on any atom is -0.361 e. The van der Waals surface area contributed by atoms with Crippen LogP contribution in [-0.4, -0.2) is 10.9 Å². The van der Waals surface area contributed by atoms with Crippen molar-refractivity contribution < 1.29 is 4.79 Å². The van der Waals surface area contributed by atoms with Crippen LogP contribution >= 0.6 is 0 Å². The Hall–Kier alpha value is -1.77. The minimum absolute atomic E-state index is 0.0763. The number of carbonyl (C=O) groups is 1. The van der Waals surface area contributed by atoms with Crippen LogP contribution in [0.2, 0.25) is 0 Å². The van der Waals surface area contributed by atoms with Gasteiger partial charge in [0.25, 0.3) is 0 Å². The number of nitrogens with one attached hydrogen (secondary N) is 2. The summed E-state index contributed by atoms with van der Waals surface area (Å²) in [6, 6.07) is 7.84. The number of fused-ring (bicyclic) bond motifs is 1. The maximum Gasteiger partial charge on any atom is 0.224 e. The lowest BCUT2D eigenvalue weighted by atomic mass is 10.2. The fourth-order valence-corrected chi connectivity index (χ4v) is 1.58. The number of aromatic nitrogens is 1. The molecule has 15 heavy (non-hydrogen) atoms. The summed E-state index contributed by atoms with van der Waals surface area (Å²) < 4.78 is 0. The fourth-order valence-electron chi connectivity index (χ4n) is 1.58. The van der Waals surface area contributed by atoms with Crippen molar-refractivity contribution in [3.63, 3.8) is 0 Å². The van der Waals surface area contributed by atoms with Crippen molar-refractivity contribution in [3.05, 3.63) is 30.5 Å². The summed E-state index contributed by atoms with van der Waals surface area (Å²) in [5.74, 6) is 0.0763. The molecule has 0 radical (unpaired) electrons. The second-order valence-corrected chi connectivity index (χ2v) is 3.58. The zero-order valence-electron chi connectivity index (χ0n) is 8.71. The normalized spacial score (nSPS) is 10.5. The Morgan fingerprint density at radius 2 is 2.27 bits per heavy atom. The summed E-state index contributed by atoms with van der Waals surface area (Å²) in [4.78, 5) is 14.5. The van der Waals surface area contributed by atoms with Crippen molar-refractivity contribution in [3.8, 4) is 0 Å². The Bertz CT molecular complexity index is 473. The summed E-state index contributed by atoms with van der Waals surface area (Å²) in [5, 5.41) is 3.99. The number of benzene rings is 1. The van der Waals surface area contributed by atoms with Gasteiger partial charge in [-0.1, -0.05) is 6.92 Å². The van der Waals surface area contributed by atoms with Gasteiger partial charge in [-0.2, -0.15) is 0 Å². The molecule has 0 fully saturated rings. The van der Waals surface area contributed by atoms with Crippen LogP contribution < -0.4 is 5.32 Å². The first-order valence-corrected chi connectivity index (χ1v) is 5.16. The standard InChI is InChI=1S/C12H14N2O/c1-2-3-12(15)14-10-4-5-11-9(8-10)6-7-13-11/h4-8,13H,2-3H2,1H3,(H,14,15). The zero-order valence-corrected chi connectivity index (χ0v) is 8.71. The number of hydrogen-bond donors (Lipinski definition) is 2. The molecule has 3 heteroatoms. The van der Waals surface area contributed by atoms with Gasteiger partial charge >= 0.3 is 0 Å². The number of aromatic amines is 1. The van der Waals surface area contributed by atoms with Crippen molar-refractivity contribution in [2.75, 3.05) is 5.32 Å². The summed E-state index contributed by atoms with van der Waals surface area (Å²) in [7, 11) is 0. The Morgan fingerprint density at radius 1 is 1.40 bits per heavy atom. The number of rotatable bonds is 3. The van der Waals surface area contributed by atoms with Gasteiger partial charge in [0.05, 0.1) is 0 Å². The summed E-state index contributed by atoms with van der Waals surface area (Å²) in [6.07, 6.45) is 3.34. The summed E-state index contributed by atoms with van der Waals surface area (Å²) >= 11 is 0. The van der Waals surface area contributed by atoms with Crippen LogP contribution in [-0.2, 0) is 4.79 Å². The smallest absolute Gasteiger partial charge is 0.224 e. The topological polar surface area (TPSA) is 44.9 Å². The lowest BCUT2D eigenvalue weighted by molar-refractivity contribution is -0.116. The molecule has 0 aliphatic heterocycles. The lowest BCUT2D eigenvalue weighted by Gasteiger charge is -2.03. The van der Waals surface area contributed by atoms with Crippen molar-refractivity contribution in [2.45, 2.75) is 19.8 Å². The van der Waals surface area contributed by atoms with Gasteiger partial charge < -0.3 is 10.3 Å². The molecule has 0 spiro atoms. The molecule has 0 saturated carbocycles. The quantitative estimate of drug-likeness (QED) is 0.789. The van der Waals surface area contributed by atoms with Crippen molar-refractivity contribution >= 4 is 22.5 Å². The van der Waals surface area contributed by atoms with E-state index < -0.39 is 0 Å². The summed E-state index contributed by atoms with van der Waals surface area (Å²) in [5.41, 5.74) is 1.95. The van der Waals surface area contributed by atoms with E-state index in [2.05, 4.69) is 10.3 Å². The Morgan fingerprint density at radius 3 is 3.07 bits per heavy atom. The average Bonchev–Trinajstić information content (AvgIpc) is 2.65. The van der Waals surface area contributed by atoms with E-state index in [1.54, 1.807) is 0 Å². The first kappa shape index (κ1) is 9.77. The van der Waals surface area contributed by atoms with Gasteiger partial charge in [-0.05, 0) is 30.7 Å². The van der Waals surface area contributed by atoms with E-state index in [0.29, 0.717) is 6.42 Å². The van der Waals surface area contributed by atoms with Gasteiger partial charge in [0, 0.05) is 29.2 Å². The highest BCUT2D eigenvalue weighted by Gasteiger charge is 2.01. The van der Waals surface area contributed by atoms with E-state index in [-0.39, 0.29) is 5.91 Å². The fraction of sp³-hybridized carbons (Fsp3) is 0.250. The third-order valence-corrected chi connectivity index (χ3v) is 2.31. The number of hydrogen-bond acceptors (Lipinski definition) is 1. The van der Waals surface area contributed by atoms with Gasteiger partial charge in [-0.25, -0.2) is 0 Å². The monoisotopic (exact) mass is 202 g/mol. The van der Waals surface area contributed by atoms with E-state index in [4.69, 9.17) is 0 Å². The zero-order chi connectivity index (χ0) is 10.7. The third-order valence-electron chi connectivity index (χ3n) is 2.31. The van der Waals surface area contributed by atoms with Crippen molar-refractivity contribution in [2.24, 2.45) is 0 Å². The number of amides is 1. The molecule has 2 rings (SSSR count). The van der Waals surface area contributed by atoms with E-state index in [0.717, 1.165) is 23.0 Å². The highest BCUT2D eigenvalue weighted by Crippen LogP contribution is 2.17. The highest BCUT2D eigenvalue weighted by molar-refractivity contribution is 5.93. The van der Waals surface area contributed by atoms with Crippen LogP contribution in [0.4, 0.5) is 5.69 Å². The first-order chi connectivity index (χ1) is 7.29. The largest absolute Gasteiger partial charge is 0.361 e. The molecule has 2 N–H and O–H groups in total. The number of H-pyrrole nitrogens is 1. The van der Waals surface area contributed by atoms with Crippen molar-refractivity contribution in [1.29, 1.82) is 0 Å². The molecule has 0 unspecified atom stereocenters. The molecule has 0 saturated heterocycles. The van der Waals surface area contributed by atoms with Gasteiger partial charge in [-0.3, -0.25) is 4.79 Å². The van der Waals surface area contributed by atoms with Gasteiger partial charge in [0.1, 0.15) is 0 Å². The molecule has 1 amide bonds. The van der Waals surface area contributed by atoms with Crippen LogP contribution in [0.1, 0.15) is 19.8 Å². The minimum atomic E-state index is 0.0763. The molecule has 1 heterocycles. The lowest BCUT2D eigenvalue weighted by Crippen LogP contribution is -2.10. The number of carbonyl (C=O) groups excluding carboxylic acids is 1. The molecular formula is C12H14N2O. The number of anilines is 1. The molecule has 2 aromatic rings. The van der Waals surface area contributed by atoms with Crippen LogP contribution in [0.25, 0.3) is 10.9 Å². The summed E-state index contributed by atoms with van der Waals surface area (Å²) in [6.45, 7) is 1.99. The SMILES string of the molecule is CCCC(=O)Nc1ccc2[nH]ccc2c1. The Labute approximate surface area is 88.5 Å². The maximum atomic E-state index is 11.4. The highest BCUT2D eigenvalue weighted by atomic mass is 16.1. The molecule has 0 atom stereocenters.